The van der Waals surface area contributed by atoms with E-state index in [9.17, 15) is 8.42 Å². The smallest absolute Gasteiger partial charge is 0.242 e. The van der Waals surface area contributed by atoms with Gasteiger partial charge in [-0.3, -0.25) is 0 Å². The van der Waals surface area contributed by atoms with Gasteiger partial charge in [0.15, 0.2) is 0 Å². The Kier molecular flexibility index (Phi) is 5.98. The normalized spacial score (nSPS) is 13.1. The Morgan fingerprint density at radius 3 is 2.48 bits per heavy atom. The van der Waals surface area contributed by atoms with E-state index in [1.165, 1.54) is 0 Å². The van der Waals surface area contributed by atoms with Gasteiger partial charge < -0.3 is 15.2 Å². The largest absolute Gasteiger partial charge is 0.349 e. The molecule has 21 heavy (non-hydrogen) atoms. The fraction of sp³-hybridized carbons (Fsp3) is 0.714. The van der Waals surface area contributed by atoms with Crippen molar-refractivity contribution >= 4 is 10.0 Å². The van der Waals surface area contributed by atoms with Crippen molar-refractivity contribution < 1.29 is 8.42 Å². The third-order valence-corrected chi connectivity index (χ3v) is 5.22. The van der Waals surface area contributed by atoms with Crippen molar-refractivity contribution in [1.29, 1.82) is 0 Å². The average Bonchev–Trinajstić information content (AvgIpc) is 2.81. The van der Waals surface area contributed by atoms with Gasteiger partial charge in [-0.2, -0.15) is 0 Å². The minimum Gasteiger partial charge on any atom is -0.349 e. The zero-order valence-corrected chi connectivity index (χ0v) is 14.5. The predicted octanol–water partition coefficient (Wildman–Crippen LogP) is 0.975. The summed E-state index contributed by atoms with van der Waals surface area (Å²) < 4.78 is 29.4. The van der Waals surface area contributed by atoms with Crippen LogP contribution in [0, 0.1) is 0 Å². The molecule has 0 aliphatic carbocycles. The molecule has 0 bridgehead atoms. The molecule has 0 fully saturated rings. The number of nitrogens with two attached hydrogens (primary N) is 1. The van der Waals surface area contributed by atoms with Crippen molar-refractivity contribution in [2.75, 3.05) is 20.6 Å². The summed E-state index contributed by atoms with van der Waals surface area (Å²) in [5, 5.41) is 0. The van der Waals surface area contributed by atoms with E-state index >= 15 is 0 Å². The van der Waals surface area contributed by atoms with Crippen molar-refractivity contribution in [1.82, 2.24) is 14.2 Å². The van der Waals surface area contributed by atoms with Crippen LogP contribution in [0.5, 0.6) is 0 Å². The highest BCUT2D eigenvalue weighted by atomic mass is 32.2. The van der Waals surface area contributed by atoms with Crippen LogP contribution in [0.3, 0.4) is 0 Å². The zero-order chi connectivity index (χ0) is 16.3. The summed E-state index contributed by atoms with van der Waals surface area (Å²) in [6.45, 7) is 7.47. The van der Waals surface area contributed by atoms with Gasteiger partial charge in [0.25, 0.3) is 0 Å². The minimum atomic E-state index is -3.51. The molecule has 0 aliphatic heterocycles. The number of nitrogens with one attached hydrogen (secondary N) is 1. The van der Waals surface area contributed by atoms with Gasteiger partial charge in [0.1, 0.15) is 0 Å². The molecule has 122 valence electrons. The molecule has 0 saturated carbocycles. The van der Waals surface area contributed by atoms with Crippen molar-refractivity contribution in [3.8, 4) is 0 Å². The highest BCUT2D eigenvalue weighted by Gasteiger charge is 2.25. The third kappa shape index (κ3) is 4.54. The molecular weight excluding hydrogens is 288 g/mol. The summed E-state index contributed by atoms with van der Waals surface area (Å²) in [6, 6.07) is 1.65. The van der Waals surface area contributed by atoms with Crippen LogP contribution in [0.1, 0.15) is 32.9 Å². The van der Waals surface area contributed by atoms with Crippen LogP contribution in [0.2, 0.25) is 0 Å². The molecule has 1 heterocycles. The third-order valence-electron chi connectivity index (χ3n) is 3.85. The van der Waals surface area contributed by atoms with E-state index in [1.807, 2.05) is 44.3 Å². The first kappa shape index (κ1) is 18.2. The summed E-state index contributed by atoms with van der Waals surface area (Å²) in [4.78, 5) is 2.27. The van der Waals surface area contributed by atoms with E-state index in [-0.39, 0.29) is 10.4 Å². The first-order chi connectivity index (χ1) is 9.64. The van der Waals surface area contributed by atoms with E-state index in [1.54, 1.807) is 12.3 Å². The Hall–Kier alpha value is -0.890. The van der Waals surface area contributed by atoms with Crippen LogP contribution in [-0.2, 0) is 23.1 Å². The van der Waals surface area contributed by atoms with Gasteiger partial charge in [0.2, 0.25) is 10.0 Å². The lowest BCUT2D eigenvalue weighted by atomic mass is 10.1. The maximum absolute atomic E-state index is 12.4. The zero-order valence-electron chi connectivity index (χ0n) is 13.7. The Morgan fingerprint density at radius 2 is 2.00 bits per heavy atom. The minimum absolute atomic E-state index is 0.254. The Bertz CT molecular complexity index is 562. The Balaban J connectivity index is 2.93. The number of aryl methyl sites for hydroxylation is 1. The number of aromatic nitrogens is 1. The standard InChI is InChI=1S/C14H28N4O2S/c1-6-7-18-10-13(8-12(18)9-15)21(19,20)16-11-14(2,3)17(4)5/h8,10,16H,6-7,9,11,15H2,1-5H3. The maximum atomic E-state index is 12.4. The van der Waals surface area contributed by atoms with Crippen molar-refractivity contribution in [3.05, 3.63) is 18.0 Å². The lowest BCUT2D eigenvalue weighted by Crippen LogP contribution is -2.48. The SMILES string of the molecule is CCCn1cc(S(=O)(=O)NCC(C)(C)N(C)C)cc1CN. The second-order valence-corrected chi connectivity index (χ2v) is 7.86. The van der Waals surface area contributed by atoms with E-state index in [0.717, 1.165) is 18.7 Å². The molecule has 0 spiro atoms. The first-order valence-corrected chi connectivity index (χ1v) is 8.68. The number of sulfonamides is 1. The predicted molar refractivity (Wildman–Crippen MR) is 85.6 cm³/mol. The van der Waals surface area contributed by atoms with Gasteiger partial charge in [0, 0.05) is 37.1 Å². The summed E-state index contributed by atoms with van der Waals surface area (Å²) in [7, 11) is 0.348. The molecule has 1 rings (SSSR count). The molecule has 1 aromatic heterocycles. The number of likely N-dealkylation sites (N-methyl/N-ethyl adjacent to an activating group) is 1. The summed E-state index contributed by atoms with van der Waals surface area (Å²) >= 11 is 0. The van der Waals surface area contributed by atoms with Crippen LogP contribution >= 0.6 is 0 Å². The maximum Gasteiger partial charge on any atom is 0.242 e. The Labute approximate surface area is 128 Å². The van der Waals surface area contributed by atoms with E-state index < -0.39 is 10.0 Å². The lowest BCUT2D eigenvalue weighted by molar-refractivity contribution is 0.199. The highest BCUT2D eigenvalue weighted by Crippen LogP contribution is 2.16. The van der Waals surface area contributed by atoms with E-state index in [2.05, 4.69) is 4.72 Å². The van der Waals surface area contributed by atoms with Gasteiger partial charge >= 0.3 is 0 Å². The van der Waals surface area contributed by atoms with Gasteiger partial charge in [0.05, 0.1) is 4.90 Å². The molecule has 1 aromatic rings. The molecule has 0 radical (unpaired) electrons. The fourth-order valence-corrected chi connectivity index (χ4v) is 3.07. The van der Waals surface area contributed by atoms with Crippen LogP contribution in [-0.4, -0.2) is 44.1 Å². The van der Waals surface area contributed by atoms with Crippen LogP contribution < -0.4 is 10.5 Å². The quantitative estimate of drug-likeness (QED) is 0.749. The van der Waals surface area contributed by atoms with E-state index in [4.69, 9.17) is 5.73 Å². The lowest BCUT2D eigenvalue weighted by Gasteiger charge is -2.32. The van der Waals surface area contributed by atoms with Crippen LogP contribution in [0.4, 0.5) is 0 Å². The van der Waals surface area contributed by atoms with E-state index in [0.29, 0.717) is 13.1 Å². The Morgan fingerprint density at radius 1 is 1.38 bits per heavy atom. The molecule has 6 nitrogen and oxygen atoms in total. The molecule has 0 saturated heterocycles. The molecule has 3 N–H and O–H groups in total. The number of nitrogens with zero attached hydrogens (tertiary/aromatic N) is 2. The number of hydrogen-bond acceptors (Lipinski definition) is 4. The van der Waals surface area contributed by atoms with Gasteiger partial charge in [-0.05, 0) is 40.4 Å². The second-order valence-electron chi connectivity index (χ2n) is 6.10. The summed E-state index contributed by atoms with van der Waals surface area (Å²) in [5.74, 6) is 0. The number of rotatable bonds is 8. The highest BCUT2D eigenvalue weighted by molar-refractivity contribution is 7.89. The molecule has 0 aliphatic rings. The van der Waals surface area contributed by atoms with Crippen molar-refractivity contribution in [2.24, 2.45) is 5.73 Å². The molecule has 0 amide bonds. The monoisotopic (exact) mass is 316 g/mol. The molecule has 7 heteroatoms. The summed E-state index contributed by atoms with van der Waals surface area (Å²) in [6.07, 6.45) is 2.60. The van der Waals surface area contributed by atoms with Gasteiger partial charge in [-0.25, -0.2) is 13.1 Å². The molecule has 0 atom stereocenters. The average molecular weight is 316 g/mol. The molecule has 0 unspecified atom stereocenters. The van der Waals surface area contributed by atoms with Crippen molar-refractivity contribution in [2.45, 2.75) is 50.7 Å². The summed E-state index contributed by atoms with van der Waals surface area (Å²) in [5.41, 5.74) is 6.26. The van der Waals surface area contributed by atoms with Crippen LogP contribution in [0.15, 0.2) is 17.2 Å². The molecule has 0 aromatic carbocycles. The van der Waals surface area contributed by atoms with Crippen LogP contribution in [0.25, 0.3) is 0 Å². The second kappa shape index (κ2) is 6.91. The number of hydrogen-bond donors (Lipinski definition) is 2. The van der Waals surface area contributed by atoms with Crippen molar-refractivity contribution in [3.63, 3.8) is 0 Å². The topological polar surface area (TPSA) is 80.4 Å². The van der Waals surface area contributed by atoms with Gasteiger partial charge in [-0.15, -0.1) is 0 Å². The first-order valence-electron chi connectivity index (χ1n) is 7.20. The van der Waals surface area contributed by atoms with Gasteiger partial charge in [-0.1, -0.05) is 6.92 Å². The fourth-order valence-electron chi connectivity index (χ4n) is 1.81. The molecular formula is C14H28N4O2S.